The number of esters is 1. The highest BCUT2D eigenvalue weighted by Crippen LogP contribution is 2.63. The van der Waals surface area contributed by atoms with Gasteiger partial charge in [-0.25, -0.2) is 0 Å². The second-order valence-corrected chi connectivity index (χ2v) is 12.8. The molecular weight excluding hydrogens is 536 g/mol. The molecule has 0 amide bonds. The number of hydrogen-bond acceptors (Lipinski definition) is 2. The van der Waals surface area contributed by atoms with Crippen LogP contribution in [0.1, 0.15) is 90.7 Å². The van der Waals surface area contributed by atoms with E-state index in [1.807, 2.05) is 0 Å². The van der Waals surface area contributed by atoms with Crippen molar-refractivity contribution in [1.82, 2.24) is 0 Å². The smallest absolute Gasteiger partial charge is 0.307 e. The Hall–Kier alpha value is -4.69. The maximum absolute atomic E-state index is 13.5. The van der Waals surface area contributed by atoms with Crippen LogP contribution in [0.4, 0.5) is 0 Å². The van der Waals surface area contributed by atoms with Crippen LogP contribution >= 0.6 is 0 Å². The van der Waals surface area contributed by atoms with Crippen LogP contribution in [0.25, 0.3) is 5.57 Å². The monoisotopic (exact) mass is 574 g/mol. The number of hydrogen-bond donors (Lipinski definition) is 0. The van der Waals surface area contributed by atoms with E-state index in [1.165, 1.54) is 51.4 Å². The number of benzene rings is 5. The Morgan fingerprint density at radius 2 is 0.909 bits per heavy atom. The number of allylic oxidation sites excluding steroid dienone is 1. The molecule has 5 aromatic carbocycles. The van der Waals surface area contributed by atoms with Gasteiger partial charge >= 0.3 is 5.97 Å². The van der Waals surface area contributed by atoms with E-state index in [4.69, 9.17) is 4.74 Å². The van der Waals surface area contributed by atoms with Gasteiger partial charge in [0.05, 0.1) is 0 Å². The highest BCUT2D eigenvalue weighted by Gasteiger charge is 2.56. The fourth-order valence-corrected chi connectivity index (χ4v) is 8.54. The van der Waals surface area contributed by atoms with Gasteiger partial charge in [-0.2, -0.15) is 0 Å². The van der Waals surface area contributed by atoms with Crippen molar-refractivity contribution in [1.29, 1.82) is 0 Å². The molecule has 2 nitrogen and oxygen atoms in total. The van der Waals surface area contributed by atoms with E-state index < -0.39 is 5.41 Å². The summed E-state index contributed by atoms with van der Waals surface area (Å²) >= 11 is 0. The van der Waals surface area contributed by atoms with E-state index in [9.17, 15) is 4.79 Å². The molecule has 44 heavy (non-hydrogen) atoms. The lowest BCUT2D eigenvalue weighted by Gasteiger charge is -2.51. The third kappa shape index (κ3) is 3.90. The Bertz CT molecular complexity index is 1820. The summed E-state index contributed by atoms with van der Waals surface area (Å²) in [6.07, 6.45) is 0. The average Bonchev–Trinajstić information content (AvgIpc) is 2.98. The topological polar surface area (TPSA) is 26.3 Å². The first kappa shape index (κ1) is 28.1. The molecule has 0 unspecified atom stereocenters. The van der Waals surface area contributed by atoms with E-state index in [0.717, 1.165) is 39.0 Å². The quantitative estimate of drug-likeness (QED) is 0.158. The van der Waals surface area contributed by atoms with Crippen molar-refractivity contribution in [2.45, 2.75) is 59.8 Å². The van der Waals surface area contributed by atoms with Gasteiger partial charge in [-0.15, -0.1) is 0 Å². The molecule has 3 aliphatic carbocycles. The maximum atomic E-state index is 13.5. The number of carbonyl (C=O) groups is 1. The highest BCUT2D eigenvalue weighted by molar-refractivity contribution is 5.92. The summed E-state index contributed by atoms with van der Waals surface area (Å²) in [6, 6.07) is 35.3. The van der Waals surface area contributed by atoms with Crippen molar-refractivity contribution in [2.75, 3.05) is 0 Å². The van der Waals surface area contributed by atoms with E-state index in [1.54, 1.807) is 0 Å². The molecule has 218 valence electrons. The zero-order valence-corrected chi connectivity index (χ0v) is 26.6. The molecule has 0 fully saturated rings. The molecule has 0 aliphatic heterocycles. The molecule has 5 aromatic rings. The van der Waals surface area contributed by atoms with Gasteiger partial charge in [0.2, 0.25) is 0 Å². The lowest BCUT2D eigenvalue weighted by atomic mass is 9.51. The van der Waals surface area contributed by atoms with Crippen LogP contribution < -0.4 is 0 Å². The minimum atomic E-state index is -0.840. The van der Waals surface area contributed by atoms with Crippen LogP contribution in [-0.2, 0) is 14.9 Å². The van der Waals surface area contributed by atoms with Gasteiger partial charge in [0, 0.05) is 18.4 Å². The normalized spacial score (nSPS) is 17.4. The summed E-state index contributed by atoms with van der Waals surface area (Å²) in [5.41, 5.74) is 16.8. The molecule has 0 N–H and O–H groups in total. The summed E-state index contributed by atoms with van der Waals surface area (Å²) in [7, 11) is 0. The summed E-state index contributed by atoms with van der Waals surface area (Å²) in [5.74, 6) is 0.477. The van der Waals surface area contributed by atoms with Crippen LogP contribution in [-0.4, -0.2) is 5.97 Å². The largest absolute Gasteiger partial charge is 0.429 e. The van der Waals surface area contributed by atoms with Crippen LogP contribution in [0.2, 0.25) is 0 Å². The Kier molecular flexibility index (Phi) is 6.51. The summed E-state index contributed by atoms with van der Waals surface area (Å²) < 4.78 is 6.77. The Morgan fingerprint density at radius 1 is 0.568 bits per heavy atom. The van der Waals surface area contributed by atoms with Crippen molar-refractivity contribution in [3.8, 4) is 0 Å². The fraction of sp³-hybridized carbons (Fsp3) is 0.214. The van der Waals surface area contributed by atoms with E-state index >= 15 is 0 Å². The molecule has 0 saturated carbocycles. The Labute approximate surface area is 261 Å². The average molecular weight is 575 g/mol. The van der Waals surface area contributed by atoms with E-state index in [-0.39, 0.29) is 11.9 Å². The van der Waals surface area contributed by atoms with Gasteiger partial charge in [0.25, 0.3) is 0 Å². The number of rotatable bonds is 4. The first-order valence-electron chi connectivity index (χ1n) is 15.5. The van der Waals surface area contributed by atoms with Crippen molar-refractivity contribution in [3.63, 3.8) is 0 Å². The maximum Gasteiger partial charge on any atom is 0.307 e. The molecular formula is C42H38O2. The van der Waals surface area contributed by atoms with Crippen LogP contribution in [0.3, 0.4) is 0 Å². The predicted octanol–water partition coefficient (Wildman–Crippen LogP) is 9.70. The third-order valence-corrected chi connectivity index (χ3v) is 9.69. The van der Waals surface area contributed by atoms with Crippen LogP contribution in [0, 0.1) is 41.5 Å². The predicted molar refractivity (Wildman–Crippen MR) is 179 cm³/mol. The molecule has 0 spiro atoms. The molecule has 8 rings (SSSR count). The first-order valence-corrected chi connectivity index (χ1v) is 15.5. The number of carbonyl (C=O) groups excluding carboxylic acids is 1. The molecule has 0 atom stereocenters. The van der Waals surface area contributed by atoms with Crippen molar-refractivity contribution < 1.29 is 9.53 Å². The van der Waals surface area contributed by atoms with Gasteiger partial charge < -0.3 is 4.74 Å². The molecule has 0 aromatic heterocycles. The van der Waals surface area contributed by atoms with E-state index in [0.29, 0.717) is 5.76 Å². The molecule has 0 heterocycles. The SMILES string of the molecule is CC(=O)OC(=C(c1c(C)cc(C)cc1C)c1c(C)cc(C)cc1C)C12c3ccccc3C(c3ccccc31)c1ccccc12. The van der Waals surface area contributed by atoms with Gasteiger partial charge in [-0.1, -0.05) is 108 Å². The second-order valence-electron chi connectivity index (χ2n) is 12.8. The van der Waals surface area contributed by atoms with Gasteiger partial charge in [-0.05, 0) is 108 Å². The highest BCUT2D eigenvalue weighted by atomic mass is 16.5. The van der Waals surface area contributed by atoms with Crippen LogP contribution in [0.5, 0.6) is 0 Å². The lowest BCUT2D eigenvalue weighted by Crippen LogP contribution is -2.45. The Balaban J connectivity index is 1.79. The minimum Gasteiger partial charge on any atom is -0.429 e. The van der Waals surface area contributed by atoms with Crippen molar-refractivity contribution >= 4 is 11.5 Å². The zero-order chi connectivity index (χ0) is 30.9. The fourth-order valence-electron chi connectivity index (χ4n) is 8.54. The summed E-state index contributed by atoms with van der Waals surface area (Å²) in [4.78, 5) is 13.5. The molecule has 0 radical (unpaired) electrons. The standard InChI is InChI=1S/C42H38O2/c1-24-20-26(3)37(27(4)21-24)40(38-28(5)22-25(2)23-29(38)6)41(44-30(7)43)42-34-17-11-8-14-31(34)39(32-15-9-12-18-35(32)42)33-16-10-13-19-36(33)42/h8-23,39H,1-7H3. The summed E-state index contributed by atoms with van der Waals surface area (Å²) in [5, 5.41) is 0. The van der Waals surface area contributed by atoms with Crippen molar-refractivity contribution in [3.05, 3.63) is 181 Å². The summed E-state index contributed by atoms with van der Waals surface area (Å²) in [6.45, 7) is 14.6. The molecule has 3 aliphatic rings. The van der Waals surface area contributed by atoms with Gasteiger partial charge in [0.1, 0.15) is 11.2 Å². The minimum absolute atomic E-state index is 0.119. The number of aryl methyl sites for hydroxylation is 6. The molecule has 2 bridgehead atoms. The lowest BCUT2D eigenvalue weighted by molar-refractivity contribution is -0.137. The number of ether oxygens (including phenoxy) is 1. The van der Waals surface area contributed by atoms with Gasteiger partial charge in [0.15, 0.2) is 0 Å². The molecule has 0 saturated heterocycles. The van der Waals surface area contributed by atoms with Crippen LogP contribution in [0.15, 0.2) is 103 Å². The second kappa shape index (κ2) is 10.2. The first-order chi connectivity index (χ1) is 21.1. The van der Waals surface area contributed by atoms with Crippen molar-refractivity contribution in [2.24, 2.45) is 0 Å². The zero-order valence-electron chi connectivity index (χ0n) is 26.6. The van der Waals surface area contributed by atoms with Gasteiger partial charge in [-0.3, -0.25) is 4.79 Å². The third-order valence-electron chi connectivity index (χ3n) is 9.69. The molecule has 2 heteroatoms. The van der Waals surface area contributed by atoms with E-state index in [2.05, 4.69) is 139 Å². The Morgan fingerprint density at radius 3 is 1.25 bits per heavy atom.